The Hall–Kier alpha value is -0.280. The van der Waals surface area contributed by atoms with E-state index in [1.165, 1.54) is 32.1 Å². The van der Waals surface area contributed by atoms with E-state index in [4.69, 9.17) is 4.42 Å². The van der Waals surface area contributed by atoms with Crippen LogP contribution in [-0.4, -0.2) is 6.54 Å². The summed E-state index contributed by atoms with van der Waals surface area (Å²) in [4.78, 5) is 0. The minimum Gasteiger partial charge on any atom is -0.453 e. The van der Waals surface area contributed by atoms with Gasteiger partial charge in [0.25, 0.3) is 0 Å². The standard InChI is InChI=1S/C17H28BrNO/c1-4-11-19-16(14-7-8-15(18)20-14)17(12-13(2)3)9-5-6-10-17/h7-8,13,16,19H,4-6,9-12H2,1-3H3. The maximum absolute atomic E-state index is 5.92. The smallest absolute Gasteiger partial charge is 0.169 e. The molecule has 1 fully saturated rings. The summed E-state index contributed by atoms with van der Waals surface area (Å²) in [5.41, 5.74) is 0.376. The van der Waals surface area contributed by atoms with Crippen LogP contribution in [0.1, 0.15) is 71.1 Å². The van der Waals surface area contributed by atoms with Gasteiger partial charge in [0, 0.05) is 0 Å². The number of furan rings is 1. The van der Waals surface area contributed by atoms with Crippen molar-refractivity contribution < 1.29 is 4.42 Å². The SMILES string of the molecule is CCCNC(c1ccc(Br)o1)C1(CC(C)C)CCCC1. The van der Waals surface area contributed by atoms with Crippen LogP contribution in [-0.2, 0) is 0 Å². The van der Waals surface area contributed by atoms with Crippen molar-refractivity contribution in [2.24, 2.45) is 11.3 Å². The molecule has 1 aliphatic rings. The van der Waals surface area contributed by atoms with Gasteiger partial charge in [-0.15, -0.1) is 0 Å². The first-order valence-corrected chi connectivity index (χ1v) is 8.85. The molecule has 3 heteroatoms. The van der Waals surface area contributed by atoms with Gasteiger partial charge in [-0.2, -0.15) is 0 Å². The van der Waals surface area contributed by atoms with Gasteiger partial charge in [0.15, 0.2) is 4.67 Å². The van der Waals surface area contributed by atoms with Crippen molar-refractivity contribution in [1.29, 1.82) is 0 Å². The van der Waals surface area contributed by atoms with Crippen LogP contribution in [0.3, 0.4) is 0 Å². The van der Waals surface area contributed by atoms with Crippen LogP contribution in [0.2, 0.25) is 0 Å². The second-order valence-corrected chi connectivity index (χ2v) is 7.48. The summed E-state index contributed by atoms with van der Waals surface area (Å²) in [6.45, 7) is 7.97. The highest BCUT2D eigenvalue weighted by Gasteiger charge is 2.43. The highest BCUT2D eigenvalue weighted by Crippen LogP contribution is 2.52. The van der Waals surface area contributed by atoms with Gasteiger partial charge in [-0.25, -0.2) is 0 Å². The molecule has 0 aromatic carbocycles. The lowest BCUT2D eigenvalue weighted by molar-refractivity contribution is 0.137. The van der Waals surface area contributed by atoms with Crippen molar-refractivity contribution in [1.82, 2.24) is 5.32 Å². The van der Waals surface area contributed by atoms with Gasteiger partial charge < -0.3 is 9.73 Å². The molecule has 1 aromatic heterocycles. The molecule has 1 aromatic rings. The van der Waals surface area contributed by atoms with Crippen LogP contribution in [0.15, 0.2) is 21.2 Å². The Morgan fingerprint density at radius 2 is 2.00 bits per heavy atom. The summed E-state index contributed by atoms with van der Waals surface area (Å²) in [5, 5.41) is 3.77. The van der Waals surface area contributed by atoms with E-state index < -0.39 is 0 Å². The minimum absolute atomic E-state index is 0.360. The van der Waals surface area contributed by atoms with Crippen molar-refractivity contribution in [3.05, 3.63) is 22.6 Å². The predicted octanol–water partition coefficient (Wildman–Crippen LogP) is 5.69. The lowest BCUT2D eigenvalue weighted by Crippen LogP contribution is -2.37. The minimum atomic E-state index is 0.360. The van der Waals surface area contributed by atoms with Crippen molar-refractivity contribution in [2.45, 2.75) is 65.3 Å². The lowest BCUT2D eigenvalue weighted by Gasteiger charge is -2.38. The summed E-state index contributed by atoms with van der Waals surface area (Å²) in [6.07, 6.45) is 7.82. The fourth-order valence-corrected chi connectivity index (χ4v) is 4.21. The summed E-state index contributed by atoms with van der Waals surface area (Å²) in [7, 11) is 0. The molecule has 2 nitrogen and oxygen atoms in total. The molecule has 0 saturated heterocycles. The molecule has 1 aliphatic carbocycles. The predicted molar refractivity (Wildman–Crippen MR) is 87.8 cm³/mol. The van der Waals surface area contributed by atoms with Crippen LogP contribution in [0.4, 0.5) is 0 Å². The fourth-order valence-electron chi connectivity index (χ4n) is 3.89. The van der Waals surface area contributed by atoms with Crippen molar-refractivity contribution >= 4 is 15.9 Å². The molecular formula is C17H28BrNO. The molecule has 0 spiro atoms. The summed E-state index contributed by atoms with van der Waals surface area (Å²) in [6, 6.07) is 4.52. The van der Waals surface area contributed by atoms with Crippen LogP contribution >= 0.6 is 15.9 Å². The summed E-state index contributed by atoms with van der Waals surface area (Å²) < 4.78 is 6.76. The molecule has 0 bridgehead atoms. The number of hydrogen-bond donors (Lipinski definition) is 1. The number of hydrogen-bond acceptors (Lipinski definition) is 2. The molecule has 114 valence electrons. The third-order valence-electron chi connectivity index (χ3n) is 4.50. The summed E-state index contributed by atoms with van der Waals surface area (Å²) in [5.74, 6) is 1.84. The van der Waals surface area contributed by atoms with Gasteiger partial charge in [0.1, 0.15) is 5.76 Å². The Morgan fingerprint density at radius 3 is 2.50 bits per heavy atom. The number of halogens is 1. The van der Waals surface area contributed by atoms with Gasteiger partial charge in [0.2, 0.25) is 0 Å². The molecule has 1 heterocycles. The first kappa shape index (κ1) is 16.1. The van der Waals surface area contributed by atoms with Crippen molar-refractivity contribution in [3.63, 3.8) is 0 Å². The quantitative estimate of drug-likeness (QED) is 0.689. The van der Waals surface area contributed by atoms with E-state index in [-0.39, 0.29) is 0 Å². The van der Waals surface area contributed by atoms with Gasteiger partial charge in [-0.3, -0.25) is 0 Å². The van der Waals surface area contributed by atoms with Crippen molar-refractivity contribution in [2.75, 3.05) is 6.54 Å². The van der Waals surface area contributed by atoms with E-state index in [0.717, 1.165) is 29.3 Å². The van der Waals surface area contributed by atoms with E-state index >= 15 is 0 Å². The molecule has 1 atom stereocenters. The van der Waals surface area contributed by atoms with Crippen LogP contribution in [0.5, 0.6) is 0 Å². The van der Waals surface area contributed by atoms with Gasteiger partial charge in [0.05, 0.1) is 6.04 Å². The molecular weight excluding hydrogens is 314 g/mol. The van der Waals surface area contributed by atoms with Gasteiger partial charge in [-0.05, 0) is 71.6 Å². The van der Waals surface area contributed by atoms with Gasteiger partial charge >= 0.3 is 0 Å². The average molecular weight is 342 g/mol. The Labute approximate surface area is 131 Å². The zero-order valence-corrected chi connectivity index (χ0v) is 14.6. The zero-order valence-electron chi connectivity index (χ0n) is 13.0. The Morgan fingerprint density at radius 1 is 1.30 bits per heavy atom. The summed E-state index contributed by atoms with van der Waals surface area (Å²) >= 11 is 3.45. The lowest BCUT2D eigenvalue weighted by atomic mass is 9.71. The van der Waals surface area contributed by atoms with Crippen LogP contribution in [0.25, 0.3) is 0 Å². The zero-order chi connectivity index (χ0) is 14.6. The third kappa shape index (κ3) is 3.67. The molecule has 20 heavy (non-hydrogen) atoms. The molecule has 1 unspecified atom stereocenters. The Balaban J connectivity index is 2.26. The molecule has 1 N–H and O–H groups in total. The second-order valence-electron chi connectivity index (χ2n) is 6.70. The third-order valence-corrected chi connectivity index (χ3v) is 4.93. The topological polar surface area (TPSA) is 25.2 Å². The van der Waals surface area contributed by atoms with E-state index in [0.29, 0.717) is 11.5 Å². The van der Waals surface area contributed by atoms with E-state index in [2.05, 4.69) is 48.1 Å². The molecule has 1 saturated carbocycles. The molecule has 0 radical (unpaired) electrons. The first-order chi connectivity index (χ1) is 9.57. The maximum atomic E-state index is 5.92. The number of nitrogens with one attached hydrogen (secondary N) is 1. The Bertz CT molecular complexity index is 407. The normalized spacial score (nSPS) is 19.6. The first-order valence-electron chi connectivity index (χ1n) is 8.06. The monoisotopic (exact) mass is 341 g/mol. The largest absolute Gasteiger partial charge is 0.453 e. The molecule has 0 amide bonds. The van der Waals surface area contributed by atoms with E-state index in [1.54, 1.807) is 0 Å². The highest BCUT2D eigenvalue weighted by molar-refractivity contribution is 9.10. The average Bonchev–Trinajstić information content (AvgIpc) is 3.00. The van der Waals surface area contributed by atoms with Gasteiger partial charge in [-0.1, -0.05) is 33.6 Å². The van der Waals surface area contributed by atoms with Crippen LogP contribution < -0.4 is 5.32 Å². The van der Waals surface area contributed by atoms with E-state index in [9.17, 15) is 0 Å². The molecule has 2 rings (SSSR count). The Kier molecular flexibility index (Phi) is 5.74. The fraction of sp³-hybridized carbons (Fsp3) is 0.765. The maximum Gasteiger partial charge on any atom is 0.169 e. The van der Waals surface area contributed by atoms with Crippen molar-refractivity contribution in [3.8, 4) is 0 Å². The van der Waals surface area contributed by atoms with Crippen LogP contribution in [0, 0.1) is 11.3 Å². The second kappa shape index (κ2) is 7.13. The molecule has 0 aliphatic heterocycles. The van der Waals surface area contributed by atoms with E-state index in [1.807, 2.05) is 6.07 Å². The highest BCUT2D eigenvalue weighted by atomic mass is 79.9. The number of rotatable bonds is 7.